The number of carbonyl (C=O) groups is 3. The topological polar surface area (TPSA) is 90.4 Å². The summed E-state index contributed by atoms with van der Waals surface area (Å²) < 4.78 is 4.73. The molecule has 5 atom stereocenters. The zero-order valence-electron chi connectivity index (χ0n) is 22.4. The van der Waals surface area contributed by atoms with Gasteiger partial charge in [-0.25, -0.2) is 0 Å². The van der Waals surface area contributed by atoms with Gasteiger partial charge in [-0.1, -0.05) is 43.6 Å². The minimum Gasteiger partial charge on any atom is -0.494 e. The van der Waals surface area contributed by atoms with Crippen LogP contribution in [0.2, 0.25) is 0 Å². The Morgan fingerprint density at radius 1 is 1.00 bits per heavy atom. The molecule has 6 rings (SSSR count). The fourth-order valence-corrected chi connectivity index (χ4v) is 9.35. The first kappa shape index (κ1) is 26.4. The van der Waals surface area contributed by atoms with Crippen LogP contribution in [0.25, 0.3) is 0 Å². The Hall–Kier alpha value is -2.78. The number of hydrogen-bond acceptors (Lipinski definition) is 6. The average molecular weight is 552 g/mol. The molecule has 1 aliphatic carbocycles. The minimum absolute atomic E-state index is 0.0417. The molecular formula is C30H37N3O5S. The molecule has 4 aliphatic heterocycles. The van der Waals surface area contributed by atoms with Crippen LogP contribution in [0, 0.1) is 11.8 Å². The van der Waals surface area contributed by atoms with E-state index in [2.05, 4.69) is 12.2 Å². The number of rotatable bonds is 6. The maximum absolute atomic E-state index is 14.3. The monoisotopic (exact) mass is 551 g/mol. The van der Waals surface area contributed by atoms with Crippen LogP contribution in [0.5, 0.6) is 5.75 Å². The van der Waals surface area contributed by atoms with Crippen LogP contribution in [-0.4, -0.2) is 87.6 Å². The second-order valence-electron chi connectivity index (χ2n) is 11.1. The Bertz CT molecular complexity index is 1180. The minimum atomic E-state index is -0.843. The number of nitrogens with zero attached hydrogens (tertiary/aromatic N) is 3. The Morgan fingerprint density at radius 2 is 1.77 bits per heavy atom. The number of carbonyl (C=O) groups excluding carboxylic acids is 3. The largest absolute Gasteiger partial charge is 0.494 e. The van der Waals surface area contributed by atoms with Gasteiger partial charge in [0.25, 0.3) is 0 Å². The molecule has 2 saturated heterocycles. The first-order chi connectivity index (χ1) is 19.0. The summed E-state index contributed by atoms with van der Waals surface area (Å²) in [5.74, 6) is -0.873. The van der Waals surface area contributed by atoms with Crippen molar-refractivity contribution in [3.05, 3.63) is 48.6 Å². The van der Waals surface area contributed by atoms with Gasteiger partial charge >= 0.3 is 0 Å². The van der Waals surface area contributed by atoms with Gasteiger partial charge in [-0.3, -0.25) is 14.4 Å². The third kappa shape index (κ3) is 4.29. The number of aliphatic hydroxyl groups excluding tert-OH is 1. The SMILES string of the molecule is CCOc1ccc(N2CC=C[C@H]3S[C@]45C=CCN(C6CCCCC6)C(=O)C4N(CCO)C(=O)[C@@H]5[C@H]3C2=O)cc1. The van der Waals surface area contributed by atoms with E-state index in [0.29, 0.717) is 19.7 Å². The van der Waals surface area contributed by atoms with E-state index in [-0.39, 0.29) is 42.2 Å². The highest BCUT2D eigenvalue weighted by atomic mass is 32.2. The summed E-state index contributed by atoms with van der Waals surface area (Å²) >= 11 is 1.59. The molecule has 1 aromatic carbocycles. The number of fused-ring (bicyclic) bond motifs is 2. The summed E-state index contributed by atoms with van der Waals surface area (Å²) in [6.45, 7) is 3.29. The molecule has 0 radical (unpaired) electrons. The van der Waals surface area contributed by atoms with Gasteiger partial charge in [-0.15, -0.1) is 11.8 Å². The van der Waals surface area contributed by atoms with E-state index in [1.165, 1.54) is 6.42 Å². The van der Waals surface area contributed by atoms with Crippen molar-refractivity contribution in [1.82, 2.24) is 9.80 Å². The van der Waals surface area contributed by atoms with E-state index in [9.17, 15) is 19.5 Å². The molecule has 9 heteroatoms. The standard InChI is InChI=1S/C30H37N3O5S/c1-2-38-22-13-11-21(12-14-22)31-16-6-10-23-24(27(31)35)25-28(36)33(18-19-34)26-29(37)32(20-8-4-3-5-9-20)17-7-15-30(25,26)39-23/h6-7,10-15,20,23-26,34H,2-5,8-9,16-19H2,1H3/t23-,24+,25+,26?,30+/m1/s1. The third-order valence-corrected chi connectivity index (χ3v) is 10.7. The molecule has 208 valence electrons. The van der Waals surface area contributed by atoms with E-state index in [0.717, 1.165) is 37.1 Å². The van der Waals surface area contributed by atoms with E-state index >= 15 is 0 Å². The van der Waals surface area contributed by atoms with Gasteiger partial charge < -0.3 is 24.5 Å². The number of likely N-dealkylation sites (tertiary alicyclic amines) is 1. The number of β-amino-alcohol motifs (C(OH)–C–C–N with tert-alkyl or cyclic N) is 1. The maximum Gasteiger partial charge on any atom is 0.247 e. The fraction of sp³-hybridized carbons (Fsp3) is 0.567. The highest BCUT2D eigenvalue weighted by Gasteiger charge is 2.71. The molecule has 1 aromatic rings. The highest BCUT2D eigenvalue weighted by Crippen LogP contribution is 2.61. The zero-order chi connectivity index (χ0) is 27.1. The molecule has 1 spiro atoms. The summed E-state index contributed by atoms with van der Waals surface area (Å²) in [6.07, 6.45) is 13.5. The van der Waals surface area contributed by atoms with Crippen LogP contribution >= 0.6 is 11.8 Å². The van der Waals surface area contributed by atoms with Gasteiger partial charge in [0, 0.05) is 36.6 Å². The lowest BCUT2D eigenvalue weighted by atomic mass is 9.78. The first-order valence-electron chi connectivity index (χ1n) is 14.3. The van der Waals surface area contributed by atoms with Crippen molar-refractivity contribution in [3.8, 4) is 5.75 Å². The van der Waals surface area contributed by atoms with Crippen LogP contribution in [0.3, 0.4) is 0 Å². The molecule has 4 heterocycles. The van der Waals surface area contributed by atoms with E-state index in [1.54, 1.807) is 21.6 Å². The lowest BCUT2D eigenvalue weighted by Gasteiger charge is -2.39. The smallest absolute Gasteiger partial charge is 0.247 e. The van der Waals surface area contributed by atoms with Gasteiger partial charge in [0.15, 0.2) is 0 Å². The molecule has 5 aliphatic rings. The summed E-state index contributed by atoms with van der Waals surface area (Å²) in [5, 5.41) is 9.70. The van der Waals surface area contributed by atoms with Gasteiger partial charge in [-0.2, -0.15) is 0 Å². The van der Waals surface area contributed by atoms with Crippen molar-refractivity contribution < 1.29 is 24.2 Å². The molecule has 8 nitrogen and oxygen atoms in total. The molecule has 3 fully saturated rings. The zero-order valence-corrected chi connectivity index (χ0v) is 23.2. The number of aliphatic hydroxyl groups is 1. The fourth-order valence-electron chi connectivity index (χ4n) is 7.34. The van der Waals surface area contributed by atoms with Gasteiger partial charge in [0.05, 0.1) is 29.8 Å². The predicted octanol–water partition coefficient (Wildman–Crippen LogP) is 3.01. The number of benzene rings is 1. The number of amides is 3. The maximum atomic E-state index is 14.3. The number of thioether (sulfide) groups is 1. The Morgan fingerprint density at radius 3 is 2.49 bits per heavy atom. The van der Waals surface area contributed by atoms with E-state index < -0.39 is 22.6 Å². The van der Waals surface area contributed by atoms with Crippen LogP contribution in [0.4, 0.5) is 5.69 Å². The lowest BCUT2D eigenvalue weighted by molar-refractivity contribution is -0.144. The molecular weight excluding hydrogens is 514 g/mol. The molecule has 1 unspecified atom stereocenters. The van der Waals surface area contributed by atoms with Crippen LogP contribution in [0.15, 0.2) is 48.6 Å². The van der Waals surface area contributed by atoms with Crippen molar-refractivity contribution in [2.45, 2.75) is 61.1 Å². The van der Waals surface area contributed by atoms with Crippen molar-refractivity contribution in [2.24, 2.45) is 11.8 Å². The van der Waals surface area contributed by atoms with Gasteiger partial charge in [-0.05, 0) is 44.0 Å². The number of ether oxygens (including phenoxy) is 1. The quantitative estimate of drug-likeness (QED) is 0.547. The van der Waals surface area contributed by atoms with Crippen molar-refractivity contribution in [3.63, 3.8) is 0 Å². The summed E-state index contributed by atoms with van der Waals surface area (Å²) in [4.78, 5) is 48.0. The van der Waals surface area contributed by atoms with E-state index in [1.807, 2.05) is 48.2 Å². The van der Waals surface area contributed by atoms with Gasteiger partial charge in [0.2, 0.25) is 17.7 Å². The highest BCUT2D eigenvalue weighted by molar-refractivity contribution is 8.02. The van der Waals surface area contributed by atoms with Crippen molar-refractivity contribution in [1.29, 1.82) is 0 Å². The number of hydrogen-bond donors (Lipinski definition) is 1. The van der Waals surface area contributed by atoms with Crippen molar-refractivity contribution in [2.75, 3.05) is 37.7 Å². The third-order valence-electron chi connectivity index (χ3n) is 9.01. The second-order valence-corrected chi connectivity index (χ2v) is 12.6. The molecule has 0 aromatic heterocycles. The molecule has 0 bridgehead atoms. The Labute approximate surface area is 234 Å². The number of anilines is 1. The van der Waals surface area contributed by atoms with Crippen molar-refractivity contribution >= 4 is 35.2 Å². The lowest BCUT2D eigenvalue weighted by Crippen LogP contribution is -2.55. The normalized spacial score (nSPS) is 32.7. The van der Waals surface area contributed by atoms with Crippen LogP contribution < -0.4 is 9.64 Å². The molecule has 3 amide bonds. The molecule has 1 N–H and O–H groups in total. The summed E-state index contributed by atoms with van der Waals surface area (Å²) in [7, 11) is 0. The Balaban J connectivity index is 1.36. The predicted molar refractivity (Wildman–Crippen MR) is 151 cm³/mol. The van der Waals surface area contributed by atoms with Crippen LogP contribution in [-0.2, 0) is 14.4 Å². The molecule has 39 heavy (non-hydrogen) atoms. The molecule has 1 saturated carbocycles. The Kier molecular flexibility index (Phi) is 7.22. The second kappa shape index (κ2) is 10.7. The van der Waals surface area contributed by atoms with Crippen LogP contribution in [0.1, 0.15) is 39.0 Å². The summed E-state index contributed by atoms with van der Waals surface area (Å²) in [5.41, 5.74) is 0.755. The first-order valence-corrected chi connectivity index (χ1v) is 15.2. The van der Waals surface area contributed by atoms with Gasteiger partial charge in [0.1, 0.15) is 11.8 Å². The average Bonchev–Trinajstić information content (AvgIpc) is 3.25. The summed E-state index contributed by atoms with van der Waals surface area (Å²) in [6, 6.07) is 6.92. The van der Waals surface area contributed by atoms with E-state index in [4.69, 9.17) is 4.74 Å².